The van der Waals surface area contributed by atoms with Crippen LogP contribution >= 0.6 is 12.2 Å². The van der Waals surface area contributed by atoms with E-state index in [2.05, 4.69) is 4.98 Å². The number of pyridine rings is 1. The molecule has 24 heavy (non-hydrogen) atoms. The molecule has 4 N–H and O–H groups in total. The third-order valence-electron chi connectivity index (χ3n) is 2.97. The summed E-state index contributed by atoms with van der Waals surface area (Å²) in [4.78, 5) is 2.65. The average molecular weight is 342 g/mol. The van der Waals surface area contributed by atoms with Gasteiger partial charge in [-0.3, -0.25) is 0 Å². The number of benzene rings is 1. The van der Waals surface area contributed by atoms with E-state index in [1.54, 1.807) is 24.3 Å². The van der Waals surface area contributed by atoms with Crippen molar-refractivity contribution in [1.29, 1.82) is 10.5 Å². The molecule has 0 saturated carbocycles. The van der Waals surface area contributed by atoms with Crippen LogP contribution in [0.25, 0.3) is 11.1 Å². The van der Waals surface area contributed by atoms with Gasteiger partial charge < -0.3 is 20.6 Å². The summed E-state index contributed by atoms with van der Waals surface area (Å²) < 4.78 is 5.46. The van der Waals surface area contributed by atoms with Gasteiger partial charge in [0.25, 0.3) is 0 Å². The van der Waals surface area contributed by atoms with Crippen molar-refractivity contribution in [2.45, 2.75) is 13.8 Å². The summed E-state index contributed by atoms with van der Waals surface area (Å²) in [5, 5.41) is 27.3. The first-order chi connectivity index (χ1) is 11.6. The number of aliphatic hydroxyl groups excluding tert-OH is 1. The number of nitrogens with two attached hydrogens (primary N) is 1. The van der Waals surface area contributed by atoms with E-state index < -0.39 is 0 Å². The van der Waals surface area contributed by atoms with Crippen LogP contribution in [0.5, 0.6) is 5.75 Å². The molecule has 0 amide bonds. The third-order valence-corrected chi connectivity index (χ3v) is 3.28. The van der Waals surface area contributed by atoms with Gasteiger partial charge in [0.1, 0.15) is 40.5 Å². The molecule has 0 aliphatic carbocycles. The molecule has 2 rings (SSSR count). The van der Waals surface area contributed by atoms with Crippen molar-refractivity contribution >= 4 is 18.0 Å². The fraction of sp³-hybridized carbons (Fsp3) is 0.235. The molecule has 2 aromatic rings. The number of ether oxygens (including phenoxy) is 1. The first-order valence-electron chi connectivity index (χ1n) is 7.32. The monoisotopic (exact) mass is 342 g/mol. The molecular weight excluding hydrogens is 324 g/mol. The van der Waals surface area contributed by atoms with Gasteiger partial charge >= 0.3 is 0 Å². The normalized spacial score (nSPS) is 9.21. The molecule has 6 nitrogen and oxygen atoms in total. The fourth-order valence-corrected chi connectivity index (χ4v) is 2.27. The van der Waals surface area contributed by atoms with E-state index in [0.717, 1.165) is 0 Å². The van der Waals surface area contributed by atoms with Crippen LogP contribution in [0.1, 0.15) is 25.0 Å². The van der Waals surface area contributed by atoms with Crippen molar-refractivity contribution in [3.63, 3.8) is 0 Å². The zero-order valence-electron chi connectivity index (χ0n) is 13.5. The first-order valence-corrected chi connectivity index (χ1v) is 7.73. The smallest absolute Gasteiger partial charge is 0.123 e. The van der Waals surface area contributed by atoms with Crippen LogP contribution in [0, 0.1) is 27.3 Å². The molecule has 0 saturated heterocycles. The van der Waals surface area contributed by atoms with E-state index in [1.807, 2.05) is 26.0 Å². The molecule has 0 aliphatic rings. The van der Waals surface area contributed by atoms with E-state index in [1.165, 1.54) is 0 Å². The number of nitrogens with one attached hydrogen (secondary N) is 1. The van der Waals surface area contributed by atoms with Gasteiger partial charge in [0.15, 0.2) is 0 Å². The summed E-state index contributed by atoms with van der Waals surface area (Å²) in [5.41, 5.74) is 7.19. The van der Waals surface area contributed by atoms with Crippen LogP contribution in [0.2, 0.25) is 0 Å². The zero-order valence-corrected chi connectivity index (χ0v) is 14.3. The number of nitrogens with zero attached hydrogens (tertiary/aromatic N) is 2. The zero-order chi connectivity index (χ0) is 18.1. The summed E-state index contributed by atoms with van der Waals surface area (Å²) in [6.45, 7) is 4.11. The van der Waals surface area contributed by atoms with Crippen molar-refractivity contribution < 1.29 is 9.84 Å². The van der Waals surface area contributed by atoms with Gasteiger partial charge in [0.05, 0.1) is 12.2 Å². The van der Waals surface area contributed by atoms with Crippen LogP contribution in [0.3, 0.4) is 0 Å². The van der Waals surface area contributed by atoms with Crippen LogP contribution in [-0.2, 0) is 0 Å². The lowest BCUT2D eigenvalue weighted by atomic mass is 9.97. The highest BCUT2D eigenvalue weighted by molar-refractivity contribution is 7.71. The number of hydrogen-bond acceptors (Lipinski definition) is 6. The number of anilines is 1. The minimum atomic E-state index is -0.0801. The minimum Gasteiger partial charge on any atom is -0.491 e. The lowest BCUT2D eigenvalue weighted by Crippen LogP contribution is -2.02. The average Bonchev–Trinajstić information content (AvgIpc) is 2.61. The van der Waals surface area contributed by atoms with Crippen molar-refractivity contribution in [3.8, 4) is 29.0 Å². The van der Waals surface area contributed by atoms with Crippen molar-refractivity contribution in [2.24, 2.45) is 0 Å². The maximum Gasteiger partial charge on any atom is 0.123 e. The van der Waals surface area contributed by atoms with Crippen molar-refractivity contribution in [2.75, 3.05) is 18.9 Å². The number of nitrogen functional groups attached to an aromatic ring is 1. The molecular formula is C17H18N4O2S. The molecule has 1 heterocycles. The topological polar surface area (TPSA) is 119 Å². The second kappa shape index (κ2) is 9.31. The SMILES string of the molecule is CC.N#Cc1c(N)[nH]c(=S)c(C#N)c1-c1ccc(OCCO)cc1. The Hall–Kier alpha value is -2.87. The lowest BCUT2D eigenvalue weighted by molar-refractivity contribution is 0.201. The van der Waals surface area contributed by atoms with E-state index in [0.29, 0.717) is 16.9 Å². The largest absolute Gasteiger partial charge is 0.491 e. The first kappa shape index (κ1) is 19.2. The van der Waals surface area contributed by atoms with E-state index in [-0.39, 0.29) is 34.8 Å². The molecule has 0 atom stereocenters. The van der Waals surface area contributed by atoms with E-state index in [4.69, 9.17) is 27.8 Å². The van der Waals surface area contributed by atoms with Gasteiger partial charge in [-0.2, -0.15) is 10.5 Å². The minimum absolute atomic E-state index is 0.0801. The predicted molar refractivity (Wildman–Crippen MR) is 94.8 cm³/mol. The molecule has 0 fully saturated rings. The second-order valence-corrected chi connectivity index (χ2v) is 4.72. The Morgan fingerprint density at radius 1 is 1.17 bits per heavy atom. The summed E-state index contributed by atoms with van der Waals surface area (Å²) in [6, 6.07) is 10.8. The van der Waals surface area contributed by atoms with Crippen LogP contribution in [0.15, 0.2) is 24.3 Å². The van der Waals surface area contributed by atoms with Crippen molar-refractivity contribution in [1.82, 2.24) is 4.98 Å². The Bertz CT molecular complexity index is 830. The van der Waals surface area contributed by atoms with Gasteiger partial charge in [-0.25, -0.2) is 0 Å². The molecule has 7 heteroatoms. The van der Waals surface area contributed by atoms with E-state index in [9.17, 15) is 10.5 Å². The molecule has 0 bridgehead atoms. The molecule has 0 aliphatic heterocycles. The van der Waals surface area contributed by atoms with Crippen LogP contribution in [-0.4, -0.2) is 23.3 Å². The maximum atomic E-state index is 9.30. The standard InChI is InChI=1S/C15H12N4O2S.C2H6/c16-7-11-13(12(8-17)15(22)19-14(11)18)9-1-3-10(4-2-9)21-6-5-20;1-2/h1-4,20H,5-6H2,(H3,18,19,22);1-2H3. The predicted octanol–water partition coefficient (Wildman–Crippen LogP) is 3.13. The Labute approximate surface area is 145 Å². The molecule has 0 unspecified atom stereocenters. The Morgan fingerprint density at radius 3 is 2.25 bits per heavy atom. The number of hydrogen-bond donors (Lipinski definition) is 3. The van der Waals surface area contributed by atoms with Gasteiger partial charge in [-0.15, -0.1) is 0 Å². The highest BCUT2D eigenvalue weighted by Gasteiger charge is 2.16. The van der Waals surface area contributed by atoms with Gasteiger partial charge in [0.2, 0.25) is 0 Å². The highest BCUT2D eigenvalue weighted by atomic mass is 32.1. The Balaban J connectivity index is 0.00000139. The van der Waals surface area contributed by atoms with Crippen LogP contribution < -0.4 is 10.5 Å². The molecule has 1 aromatic carbocycles. The number of rotatable bonds is 4. The molecule has 0 spiro atoms. The van der Waals surface area contributed by atoms with Gasteiger partial charge in [-0.05, 0) is 17.7 Å². The third kappa shape index (κ3) is 4.11. The van der Waals surface area contributed by atoms with Crippen molar-refractivity contribution in [3.05, 3.63) is 40.0 Å². The van der Waals surface area contributed by atoms with E-state index >= 15 is 0 Å². The second-order valence-electron chi connectivity index (χ2n) is 4.31. The molecule has 1 aromatic heterocycles. The fourth-order valence-electron chi connectivity index (χ4n) is 2.01. The summed E-state index contributed by atoms with van der Waals surface area (Å²) in [7, 11) is 0. The van der Waals surface area contributed by atoms with Gasteiger partial charge in [0, 0.05) is 5.56 Å². The highest BCUT2D eigenvalue weighted by Crippen LogP contribution is 2.31. The number of aromatic amines is 1. The number of aliphatic hydroxyl groups is 1. The maximum absolute atomic E-state index is 9.30. The van der Waals surface area contributed by atoms with Crippen LogP contribution in [0.4, 0.5) is 5.82 Å². The molecule has 0 radical (unpaired) electrons. The number of H-pyrrole nitrogens is 1. The quantitative estimate of drug-likeness (QED) is 0.734. The summed E-state index contributed by atoms with van der Waals surface area (Å²) in [6.07, 6.45) is 0. The summed E-state index contributed by atoms with van der Waals surface area (Å²) in [5.74, 6) is 0.700. The Kier molecular flexibility index (Phi) is 7.44. The number of nitriles is 2. The molecule has 124 valence electrons. The van der Waals surface area contributed by atoms with Gasteiger partial charge in [-0.1, -0.05) is 38.2 Å². The summed E-state index contributed by atoms with van der Waals surface area (Å²) >= 11 is 5.10. The number of aromatic nitrogens is 1. The Morgan fingerprint density at radius 2 is 1.75 bits per heavy atom. The lowest BCUT2D eigenvalue weighted by Gasteiger charge is -2.10.